The number of fused-ring (bicyclic) bond motifs is 3. The molecule has 7 heteroatoms. The summed E-state index contributed by atoms with van der Waals surface area (Å²) in [7, 11) is 0. The van der Waals surface area contributed by atoms with Crippen molar-refractivity contribution in [2.24, 2.45) is 0 Å². The van der Waals surface area contributed by atoms with E-state index in [0.717, 1.165) is 73.4 Å². The van der Waals surface area contributed by atoms with Gasteiger partial charge in [-0.05, 0) is 71.8 Å². The first-order chi connectivity index (χ1) is 21.2. The molecular weight excluding hydrogens is 559 g/mol. The zero-order valence-corrected chi connectivity index (χ0v) is 25.0. The number of amides is 1. The second-order valence-electron chi connectivity index (χ2n) is 12.0. The normalized spacial score (nSPS) is 18.1. The van der Waals surface area contributed by atoms with E-state index < -0.39 is 24.0 Å². The Kier molecular flexibility index (Phi) is 8.50. The molecule has 0 bridgehead atoms. The second kappa shape index (κ2) is 12.5. The van der Waals surface area contributed by atoms with Crippen LogP contribution in [0.1, 0.15) is 36.0 Å². The molecule has 0 aromatic heterocycles. The lowest BCUT2D eigenvalue weighted by Crippen LogP contribution is -2.47. The average Bonchev–Trinajstić information content (AvgIpc) is 3.32. The predicted molar refractivity (Wildman–Crippen MR) is 171 cm³/mol. The van der Waals surface area contributed by atoms with Crippen molar-refractivity contribution in [2.45, 2.75) is 37.8 Å². The number of unbranched alkanes of at least 4 members (excludes halogenated alkanes) is 1. The van der Waals surface area contributed by atoms with Gasteiger partial charge in [-0.15, -0.1) is 0 Å². The van der Waals surface area contributed by atoms with Gasteiger partial charge in [0.05, 0.1) is 0 Å². The van der Waals surface area contributed by atoms with E-state index in [1.165, 1.54) is 16.8 Å². The summed E-state index contributed by atoms with van der Waals surface area (Å²) in [5.74, 6) is -0.571. The molecule has 1 heterocycles. The number of carbonyl (C=O) groups excluding carboxylic acids is 1. The second-order valence-corrected chi connectivity index (χ2v) is 12.0. The maximum absolute atomic E-state index is 13.8. The highest BCUT2D eigenvalue weighted by Gasteiger charge is 2.49. The molecule has 4 nitrogen and oxygen atoms in total. The third-order valence-electron chi connectivity index (χ3n) is 9.12. The molecule has 1 fully saturated rings. The van der Waals surface area contributed by atoms with E-state index in [4.69, 9.17) is 0 Å². The SMILES string of the molecule is Cc1ccc2c(c1)C(CCCCN1CCN(c3cccc(-c4ccccc4)c3)CC1)(C(=O)NCC(F)(F)F)c1ccccc1-2. The van der Waals surface area contributed by atoms with Crippen LogP contribution in [0.25, 0.3) is 22.3 Å². The fraction of sp³-hybridized carbons (Fsp3) is 0.324. The molecule has 1 atom stereocenters. The Hall–Kier alpha value is -4.10. The van der Waals surface area contributed by atoms with Crippen molar-refractivity contribution in [2.75, 3.05) is 44.2 Å². The van der Waals surface area contributed by atoms with Crippen LogP contribution in [0, 0.1) is 6.92 Å². The largest absolute Gasteiger partial charge is 0.405 e. The maximum Gasteiger partial charge on any atom is 0.405 e. The lowest BCUT2D eigenvalue weighted by atomic mass is 9.73. The standard InChI is InChI=1S/C37H38F3N3O/c1-27-16-17-32-31-14-5-6-15-33(31)36(34(32)24-27,35(44)41-26-37(38,39)40)18-7-8-19-42-20-22-43(23-21-42)30-13-9-12-29(25-30)28-10-3-2-4-11-28/h2-6,9-17,24-25H,7-8,18-23,26H2,1H3,(H,41,44). The van der Waals surface area contributed by atoms with Crippen LogP contribution in [0.3, 0.4) is 0 Å². The van der Waals surface area contributed by atoms with Gasteiger partial charge < -0.3 is 10.2 Å². The first-order valence-corrected chi connectivity index (χ1v) is 15.4. The molecule has 1 unspecified atom stereocenters. The Morgan fingerprint density at radius 2 is 1.48 bits per heavy atom. The Morgan fingerprint density at radius 1 is 0.773 bits per heavy atom. The van der Waals surface area contributed by atoms with Crippen molar-refractivity contribution in [3.63, 3.8) is 0 Å². The van der Waals surface area contributed by atoms with Crippen LogP contribution in [0.5, 0.6) is 0 Å². The van der Waals surface area contributed by atoms with Gasteiger partial charge in [-0.2, -0.15) is 13.2 Å². The van der Waals surface area contributed by atoms with Gasteiger partial charge in [0.15, 0.2) is 0 Å². The summed E-state index contributed by atoms with van der Waals surface area (Å²) in [5.41, 5.74) is 6.95. The molecule has 228 valence electrons. The highest BCUT2D eigenvalue weighted by atomic mass is 19.4. The molecule has 44 heavy (non-hydrogen) atoms. The molecule has 2 aliphatic rings. The summed E-state index contributed by atoms with van der Waals surface area (Å²) < 4.78 is 39.6. The number of piperazine rings is 1. The Balaban J connectivity index is 1.12. The highest BCUT2D eigenvalue weighted by molar-refractivity contribution is 6.00. The molecule has 4 aromatic carbocycles. The van der Waals surface area contributed by atoms with Gasteiger partial charge in [-0.25, -0.2) is 0 Å². The van der Waals surface area contributed by atoms with Crippen molar-refractivity contribution in [3.8, 4) is 22.3 Å². The van der Waals surface area contributed by atoms with E-state index in [1.54, 1.807) is 0 Å². The van der Waals surface area contributed by atoms with Gasteiger partial charge in [0.1, 0.15) is 12.0 Å². The number of aryl methyl sites for hydroxylation is 1. The first kappa shape index (κ1) is 29.9. The topological polar surface area (TPSA) is 35.6 Å². The molecule has 6 rings (SSSR count). The minimum Gasteiger partial charge on any atom is -0.369 e. The number of hydrogen-bond donors (Lipinski definition) is 1. The third kappa shape index (κ3) is 6.11. The first-order valence-electron chi connectivity index (χ1n) is 15.4. The van der Waals surface area contributed by atoms with Gasteiger partial charge in [0.2, 0.25) is 5.91 Å². The predicted octanol–water partition coefficient (Wildman–Crippen LogP) is 7.60. The number of nitrogens with zero attached hydrogens (tertiary/aromatic N) is 2. The maximum atomic E-state index is 13.8. The molecule has 1 aliphatic carbocycles. The Morgan fingerprint density at radius 3 is 2.25 bits per heavy atom. The van der Waals surface area contributed by atoms with Gasteiger partial charge in [0, 0.05) is 31.9 Å². The molecule has 1 saturated heterocycles. The van der Waals surface area contributed by atoms with Crippen molar-refractivity contribution in [1.82, 2.24) is 10.2 Å². The molecule has 4 aromatic rings. The van der Waals surface area contributed by atoms with E-state index in [-0.39, 0.29) is 0 Å². The van der Waals surface area contributed by atoms with E-state index in [2.05, 4.69) is 63.6 Å². The van der Waals surface area contributed by atoms with E-state index in [1.807, 2.05) is 55.5 Å². The summed E-state index contributed by atoms with van der Waals surface area (Å²) >= 11 is 0. The van der Waals surface area contributed by atoms with E-state index >= 15 is 0 Å². The van der Waals surface area contributed by atoms with Crippen LogP contribution >= 0.6 is 0 Å². The number of halogens is 3. The fourth-order valence-corrected chi connectivity index (χ4v) is 6.91. The number of carbonyl (C=O) groups is 1. The molecule has 0 radical (unpaired) electrons. The quantitative estimate of drug-likeness (QED) is 0.202. The summed E-state index contributed by atoms with van der Waals surface area (Å²) in [6.07, 6.45) is -2.44. The Bertz CT molecular complexity index is 1610. The number of nitrogens with one attached hydrogen (secondary N) is 1. The van der Waals surface area contributed by atoms with E-state index in [9.17, 15) is 18.0 Å². The number of rotatable bonds is 9. The fourth-order valence-electron chi connectivity index (χ4n) is 6.91. The van der Waals surface area contributed by atoms with Gasteiger partial charge in [-0.3, -0.25) is 9.69 Å². The van der Waals surface area contributed by atoms with Crippen molar-refractivity contribution in [1.29, 1.82) is 0 Å². The average molecular weight is 598 g/mol. The molecule has 1 amide bonds. The lowest BCUT2D eigenvalue weighted by molar-refractivity contribution is -0.141. The molecule has 1 aliphatic heterocycles. The number of benzene rings is 4. The highest BCUT2D eigenvalue weighted by Crippen LogP contribution is 2.52. The van der Waals surface area contributed by atoms with Crippen LogP contribution in [0.2, 0.25) is 0 Å². The minimum absolute atomic E-state index is 0.455. The van der Waals surface area contributed by atoms with Crippen LogP contribution in [-0.4, -0.2) is 56.3 Å². The van der Waals surface area contributed by atoms with Crippen LogP contribution < -0.4 is 10.2 Å². The zero-order chi connectivity index (χ0) is 30.7. The van der Waals surface area contributed by atoms with Crippen molar-refractivity contribution >= 4 is 11.6 Å². The van der Waals surface area contributed by atoms with Crippen LogP contribution in [0.4, 0.5) is 18.9 Å². The lowest BCUT2D eigenvalue weighted by Gasteiger charge is -2.36. The van der Waals surface area contributed by atoms with Crippen molar-refractivity contribution < 1.29 is 18.0 Å². The Labute approximate surface area is 257 Å². The molecule has 0 saturated carbocycles. The number of anilines is 1. The summed E-state index contributed by atoms with van der Waals surface area (Å²) in [5, 5.41) is 2.25. The van der Waals surface area contributed by atoms with Gasteiger partial charge in [0.25, 0.3) is 0 Å². The third-order valence-corrected chi connectivity index (χ3v) is 9.12. The van der Waals surface area contributed by atoms with E-state index in [0.29, 0.717) is 6.42 Å². The van der Waals surface area contributed by atoms with Crippen molar-refractivity contribution in [3.05, 3.63) is 114 Å². The molecule has 0 spiro atoms. The smallest absolute Gasteiger partial charge is 0.369 e. The van der Waals surface area contributed by atoms with Crippen LogP contribution in [0.15, 0.2) is 97.1 Å². The van der Waals surface area contributed by atoms with Crippen LogP contribution in [-0.2, 0) is 10.2 Å². The number of alkyl halides is 3. The van der Waals surface area contributed by atoms with Gasteiger partial charge in [-0.1, -0.05) is 96.9 Å². The van der Waals surface area contributed by atoms with Gasteiger partial charge >= 0.3 is 6.18 Å². The summed E-state index contributed by atoms with van der Waals surface area (Å²) in [6.45, 7) is 5.26. The molecule has 1 N–H and O–H groups in total. The zero-order valence-electron chi connectivity index (χ0n) is 25.0. The monoisotopic (exact) mass is 597 g/mol. The summed E-state index contributed by atoms with van der Waals surface area (Å²) in [6, 6.07) is 32.7. The molecular formula is C37H38F3N3O. The minimum atomic E-state index is -4.48. The summed E-state index contributed by atoms with van der Waals surface area (Å²) in [4.78, 5) is 18.7. The number of hydrogen-bond acceptors (Lipinski definition) is 3.